The van der Waals surface area contributed by atoms with Gasteiger partial charge in [-0.05, 0) is 57.4 Å². The summed E-state index contributed by atoms with van der Waals surface area (Å²) in [6.07, 6.45) is -2.97. The molecular formula is C24H32F3N5O3. The van der Waals surface area contributed by atoms with Crippen molar-refractivity contribution in [2.45, 2.75) is 51.9 Å². The Labute approximate surface area is 203 Å². The van der Waals surface area contributed by atoms with Crippen LogP contribution in [0.4, 0.5) is 24.8 Å². The molecule has 1 unspecified atom stereocenters. The average Bonchev–Trinajstić information content (AvgIpc) is 2.82. The van der Waals surface area contributed by atoms with E-state index in [9.17, 15) is 18.0 Å². The third kappa shape index (κ3) is 7.45. The summed E-state index contributed by atoms with van der Waals surface area (Å²) in [5.74, 6) is 0.452. The van der Waals surface area contributed by atoms with E-state index in [0.29, 0.717) is 38.3 Å². The van der Waals surface area contributed by atoms with Crippen LogP contribution >= 0.6 is 0 Å². The van der Waals surface area contributed by atoms with Crippen LogP contribution in [0.3, 0.4) is 0 Å². The van der Waals surface area contributed by atoms with Crippen molar-refractivity contribution in [2.75, 3.05) is 43.6 Å². The summed E-state index contributed by atoms with van der Waals surface area (Å²) >= 11 is 0. The Morgan fingerprint density at radius 1 is 1.23 bits per heavy atom. The Balaban J connectivity index is 1.84. The lowest BCUT2D eigenvalue weighted by molar-refractivity contribution is -0.154. The lowest BCUT2D eigenvalue weighted by Gasteiger charge is -2.33. The number of nitrogens with one attached hydrogen (secondary N) is 2. The van der Waals surface area contributed by atoms with Crippen molar-refractivity contribution in [1.29, 1.82) is 0 Å². The highest BCUT2D eigenvalue weighted by atomic mass is 19.4. The fraction of sp³-hybridized carbons (Fsp3) is 0.542. The molecule has 1 atom stereocenters. The first-order valence-electron chi connectivity index (χ1n) is 11.6. The van der Waals surface area contributed by atoms with E-state index in [0.717, 1.165) is 17.1 Å². The Kier molecular flexibility index (Phi) is 8.76. The normalized spacial score (nSPS) is 15.6. The zero-order valence-electron chi connectivity index (χ0n) is 20.4. The molecular weight excluding hydrogens is 463 g/mol. The summed E-state index contributed by atoms with van der Waals surface area (Å²) in [5, 5.41) is 6.15. The summed E-state index contributed by atoms with van der Waals surface area (Å²) < 4.78 is 48.2. The van der Waals surface area contributed by atoms with Gasteiger partial charge in [0.05, 0.1) is 17.7 Å². The number of ether oxygens (including phenoxy) is 2. The van der Waals surface area contributed by atoms with E-state index >= 15 is 0 Å². The molecule has 192 valence electrons. The Hall–Kier alpha value is -3.08. The van der Waals surface area contributed by atoms with Gasteiger partial charge < -0.3 is 25.0 Å². The van der Waals surface area contributed by atoms with Crippen LogP contribution in [0.5, 0.6) is 5.88 Å². The lowest BCUT2D eigenvalue weighted by atomic mass is 10.1. The van der Waals surface area contributed by atoms with Crippen LogP contribution in [-0.2, 0) is 4.74 Å². The second-order valence-corrected chi connectivity index (χ2v) is 8.50. The summed E-state index contributed by atoms with van der Waals surface area (Å²) in [5.41, 5.74) is 1.96. The standard InChI is InChI=1S/C24H32F3N5O3/c1-5-28-20-13-17(12-15(2)29-20)16(3)30-23(33)19-6-7-21(35-14-24(25,26)27)31-22(19)32-10-8-18(34-4)9-11-32/h6-7,12-13,16,18H,5,8-11,14H2,1-4H3,(H,28,29)(H,30,33). The van der Waals surface area contributed by atoms with Crippen molar-refractivity contribution < 1.29 is 27.4 Å². The number of amides is 1. The monoisotopic (exact) mass is 495 g/mol. The van der Waals surface area contributed by atoms with Crippen molar-refractivity contribution in [3.05, 3.63) is 41.1 Å². The Morgan fingerprint density at radius 2 is 1.94 bits per heavy atom. The van der Waals surface area contributed by atoms with Crippen molar-refractivity contribution in [3.63, 3.8) is 0 Å². The molecule has 2 N–H and O–H groups in total. The lowest BCUT2D eigenvalue weighted by Crippen LogP contribution is -2.39. The van der Waals surface area contributed by atoms with E-state index in [2.05, 4.69) is 20.6 Å². The number of anilines is 2. The number of hydrogen-bond donors (Lipinski definition) is 2. The smallest absolute Gasteiger partial charge is 0.422 e. The molecule has 35 heavy (non-hydrogen) atoms. The number of hydrogen-bond acceptors (Lipinski definition) is 7. The molecule has 0 radical (unpaired) electrons. The predicted molar refractivity (Wildman–Crippen MR) is 127 cm³/mol. The number of carbonyl (C=O) groups excluding carboxylic acids is 1. The number of aromatic nitrogens is 2. The number of alkyl halides is 3. The van der Waals surface area contributed by atoms with Crippen LogP contribution in [0.15, 0.2) is 24.3 Å². The largest absolute Gasteiger partial charge is 0.468 e. The fourth-order valence-electron chi connectivity index (χ4n) is 3.96. The van der Waals surface area contributed by atoms with Crippen LogP contribution < -0.4 is 20.3 Å². The second-order valence-electron chi connectivity index (χ2n) is 8.50. The summed E-state index contributed by atoms with van der Waals surface area (Å²) in [6.45, 7) is 6.09. The number of rotatable bonds is 9. The van der Waals surface area contributed by atoms with Gasteiger partial charge in [0.25, 0.3) is 5.91 Å². The second kappa shape index (κ2) is 11.6. The number of aryl methyl sites for hydroxylation is 1. The van der Waals surface area contributed by atoms with Gasteiger partial charge in [-0.3, -0.25) is 4.79 Å². The minimum Gasteiger partial charge on any atom is -0.468 e. The van der Waals surface area contributed by atoms with Crippen molar-refractivity contribution in [2.24, 2.45) is 0 Å². The van der Waals surface area contributed by atoms with Crippen LogP contribution in [0.1, 0.15) is 54.3 Å². The van der Waals surface area contributed by atoms with Crippen molar-refractivity contribution in [3.8, 4) is 5.88 Å². The van der Waals surface area contributed by atoms with Crippen LogP contribution in [0, 0.1) is 6.92 Å². The third-order valence-electron chi connectivity index (χ3n) is 5.73. The molecule has 0 spiro atoms. The number of pyridine rings is 2. The summed E-state index contributed by atoms with van der Waals surface area (Å²) in [4.78, 5) is 23.9. The molecule has 3 rings (SSSR count). The molecule has 8 nitrogen and oxygen atoms in total. The average molecular weight is 496 g/mol. The van der Waals surface area contributed by atoms with E-state index in [-0.39, 0.29) is 29.5 Å². The Morgan fingerprint density at radius 3 is 2.57 bits per heavy atom. The highest BCUT2D eigenvalue weighted by molar-refractivity contribution is 5.99. The maximum Gasteiger partial charge on any atom is 0.422 e. The zero-order chi connectivity index (χ0) is 25.6. The molecule has 11 heteroatoms. The van der Waals surface area contributed by atoms with E-state index in [1.807, 2.05) is 37.8 Å². The molecule has 1 aliphatic rings. The van der Waals surface area contributed by atoms with Gasteiger partial charge in [-0.2, -0.15) is 18.2 Å². The molecule has 2 aromatic rings. The molecule has 1 fully saturated rings. The minimum atomic E-state index is -4.49. The molecule has 0 aliphatic carbocycles. The number of halogens is 3. The quantitative estimate of drug-likeness (QED) is 0.537. The summed E-state index contributed by atoms with van der Waals surface area (Å²) in [7, 11) is 1.65. The summed E-state index contributed by atoms with van der Waals surface area (Å²) in [6, 6.07) is 6.19. The molecule has 0 bridgehead atoms. The van der Waals surface area contributed by atoms with Gasteiger partial charge in [-0.15, -0.1) is 0 Å². The predicted octanol–water partition coefficient (Wildman–Crippen LogP) is 4.26. The molecule has 3 heterocycles. The first-order chi connectivity index (χ1) is 16.6. The first-order valence-corrected chi connectivity index (χ1v) is 11.6. The van der Waals surface area contributed by atoms with Crippen LogP contribution in [-0.4, -0.2) is 61.5 Å². The SMILES string of the molecule is CCNc1cc(C(C)NC(=O)c2ccc(OCC(F)(F)F)nc2N2CCC(OC)CC2)cc(C)n1. The van der Waals surface area contributed by atoms with E-state index < -0.39 is 12.8 Å². The van der Waals surface area contributed by atoms with E-state index in [1.54, 1.807) is 7.11 Å². The molecule has 1 aliphatic heterocycles. The number of carbonyl (C=O) groups is 1. The van der Waals surface area contributed by atoms with Gasteiger partial charge in [-0.1, -0.05) is 0 Å². The van der Waals surface area contributed by atoms with E-state index in [1.165, 1.54) is 12.1 Å². The maximum atomic E-state index is 13.3. The van der Waals surface area contributed by atoms with Crippen LogP contribution in [0.2, 0.25) is 0 Å². The van der Waals surface area contributed by atoms with Crippen molar-refractivity contribution in [1.82, 2.24) is 15.3 Å². The third-order valence-corrected chi connectivity index (χ3v) is 5.73. The topological polar surface area (TPSA) is 88.6 Å². The highest BCUT2D eigenvalue weighted by Crippen LogP contribution is 2.28. The first kappa shape index (κ1) is 26.5. The van der Waals surface area contributed by atoms with E-state index in [4.69, 9.17) is 9.47 Å². The van der Waals surface area contributed by atoms with Gasteiger partial charge in [-0.25, -0.2) is 4.98 Å². The van der Waals surface area contributed by atoms with Gasteiger partial charge in [0.15, 0.2) is 6.61 Å². The highest BCUT2D eigenvalue weighted by Gasteiger charge is 2.30. The fourth-order valence-corrected chi connectivity index (χ4v) is 3.96. The van der Waals surface area contributed by atoms with Crippen LogP contribution in [0.25, 0.3) is 0 Å². The van der Waals surface area contributed by atoms with Gasteiger partial charge >= 0.3 is 6.18 Å². The number of methoxy groups -OCH3 is 1. The van der Waals surface area contributed by atoms with Gasteiger partial charge in [0.1, 0.15) is 11.6 Å². The molecule has 1 saturated heterocycles. The Bertz CT molecular complexity index is 1010. The minimum absolute atomic E-state index is 0.0917. The molecule has 0 saturated carbocycles. The van der Waals surface area contributed by atoms with Crippen molar-refractivity contribution >= 4 is 17.5 Å². The van der Waals surface area contributed by atoms with Gasteiger partial charge in [0.2, 0.25) is 5.88 Å². The number of nitrogens with zero attached hydrogens (tertiary/aromatic N) is 3. The molecule has 2 aromatic heterocycles. The molecule has 1 amide bonds. The van der Waals surface area contributed by atoms with Gasteiger partial charge in [0, 0.05) is 38.5 Å². The molecule has 0 aromatic carbocycles. The number of piperidine rings is 1. The zero-order valence-corrected chi connectivity index (χ0v) is 20.4. The maximum absolute atomic E-state index is 13.3.